The summed E-state index contributed by atoms with van der Waals surface area (Å²) >= 11 is 0. The molecule has 1 heterocycles. The van der Waals surface area contributed by atoms with Gasteiger partial charge in [-0.1, -0.05) is 30.3 Å². The van der Waals surface area contributed by atoms with Crippen LogP contribution in [0.4, 0.5) is 0 Å². The average molecular weight is 319 g/mol. The Morgan fingerprint density at radius 3 is 2.87 bits per heavy atom. The van der Waals surface area contributed by atoms with Crippen LogP contribution in [0, 0.1) is 0 Å². The Labute approximate surface area is 139 Å². The average Bonchev–Trinajstić information content (AvgIpc) is 3.11. The van der Waals surface area contributed by atoms with Crippen LogP contribution in [0.2, 0.25) is 0 Å². The predicted molar refractivity (Wildman–Crippen MR) is 93.7 cm³/mol. The highest BCUT2D eigenvalue weighted by molar-refractivity contribution is 5.79. The smallest absolute Gasteiger partial charge is 0.191 e. The molecule has 0 spiro atoms. The molecule has 1 aliphatic rings. The third kappa shape index (κ3) is 7.48. The predicted octanol–water partition coefficient (Wildman–Crippen LogP) is 2.33. The van der Waals surface area contributed by atoms with Crippen molar-refractivity contribution in [2.45, 2.75) is 38.4 Å². The number of benzene rings is 1. The minimum Gasteiger partial charge on any atom is -0.377 e. The Balaban J connectivity index is 1.45. The molecule has 0 aliphatic carbocycles. The third-order valence-corrected chi connectivity index (χ3v) is 3.86. The fourth-order valence-electron chi connectivity index (χ4n) is 2.54. The molecule has 23 heavy (non-hydrogen) atoms. The molecule has 1 fully saturated rings. The molecule has 0 bridgehead atoms. The van der Waals surface area contributed by atoms with Gasteiger partial charge in [-0.2, -0.15) is 0 Å². The van der Waals surface area contributed by atoms with Gasteiger partial charge in [0.15, 0.2) is 5.96 Å². The van der Waals surface area contributed by atoms with Crippen molar-refractivity contribution >= 4 is 5.96 Å². The summed E-state index contributed by atoms with van der Waals surface area (Å²) in [5.41, 5.74) is 1.23. The zero-order valence-electron chi connectivity index (χ0n) is 14.1. The first kappa shape index (κ1) is 17.8. The summed E-state index contributed by atoms with van der Waals surface area (Å²) in [6.07, 6.45) is 4.75. The van der Waals surface area contributed by atoms with E-state index >= 15 is 0 Å². The normalized spacial score (nSPS) is 18.1. The van der Waals surface area contributed by atoms with E-state index in [4.69, 9.17) is 9.47 Å². The van der Waals surface area contributed by atoms with E-state index in [-0.39, 0.29) is 0 Å². The molecule has 1 unspecified atom stereocenters. The van der Waals surface area contributed by atoms with E-state index in [2.05, 4.69) is 27.8 Å². The third-order valence-electron chi connectivity index (χ3n) is 3.86. The lowest BCUT2D eigenvalue weighted by atomic mass is 10.2. The second kappa shape index (κ2) is 11.0. The maximum Gasteiger partial charge on any atom is 0.191 e. The molecule has 1 saturated heterocycles. The van der Waals surface area contributed by atoms with Gasteiger partial charge in [-0.05, 0) is 31.2 Å². The van der Waals surface area contributed by atoms with Gasteiger partial charge in [-0.3, -0.25) is 4.99 Å². The zero-order valence-corrected chi connectivity index (χ0v) is 14.1. The zero-order chi connectivity index (χ0) is 16.2. The molecule has 5 nitrogen and oxygen atoms in total. The number of unbranched alkanes of at least 4 members (excludes halogenated alkanes) is 1. The number of rotatable bonds is 9. The van der Waals surface area contributed by atoms with Crippen molar-refractivity contribution in [3.8, 4) is 0 Å². The Morgan fingerprint density at radius 2 is 2.13 bits per heavy atom. The van der Waals surface area contributed by atoms with Crippen LogP contribution in [0.1, 0.15) is 31.2 Å². The molecule has 1 atom stereocenters. The fraction of sp³-hybridized carbons (Fsp3) is 0.611. The molecule has 2 rings (SSSR count). The van der Waals surface area contributed by atoms with Crippen LogP contribution < -0.4 is 10.6 Å². The highest BCUT2D eigenvalue weighted by Gasteiger charge is 2.15. The molecule has 5 heteroatoms. The van der Waals surface area contributed by atoms with Crippen molar-refractivity contribution in [2.24, 2.45) is 4.99 Å². The standard InChI is InChI=1S/C18H29N3O2/c1-19-18(21-14-17-10-7-13-23-17)20-11-5-6-12-22-15-16-8-3-2-4-9-16/h2-4,8-9,17H,5-7,10-15H2,1H3,(H2,19,20,21). The van der Waals surface area contributed by atoms with E-state index in [0.717, 1.165) is 51.5 Å². The lowest BCUT2D eigenvalue weighted by Gasteiger charge is -2.15. The van der Waals surface area contributed by atoms with E-state index < -0.39 is 0 Å². The summed E-state index contributed by atoms with van der Waals surface area (Å²) in [6, 6.07) is 10.3. The largest absolute Gasteiger partial charge is 0.377 e. The highest BCUT2D eigenvalue weighted by Crippen LogP contribution is 2.10. The Bertz CT molecular complexity index is 445. The molecule has 0 aromatic heterocycles. The second-order valence-corrected chi connectivity index (χ2v) is 5.76. The molecule has 128 valence electrons. The summed E-state index contributed by atoms with van der Waals surface area (Å²) < 4.78 is 11.3. The molecule has 0 radical (unpaired) electrons. The van der Waals surface area contributed by atoms with E-state index in [0.29, 0.717) is 12.7 Å². The van der Waals surface area contributed by atoms with Gasteiger partial charge in [0.1, 0.15) is 0 Å². The van der Waals surface area contributed by atoms with Gasteiger partial charge in [0.2, 0.25) is 0 Å². The van der Waals surface area contributed by atoms with Crippen LogP contribution in [0.15, 0.2) is 35.3 Å². The Kier molecular flexibility index (Phi) is 8.51. The monoisotopic (exact) mass is 319 g/mol. The van der Waals surface area contributed by atoms with Crippen LogP contribution in [0.5, 0.6) is 0 Å². The number of hydrogen-bond donors (Lipinski definition) is 2. The van der Waals surface area contributed by atoms with Crippen LogP contribution in [0.25, 0.3) is 0 Å². The molecule has 1 aliphatic heterocycles. The number of hydrogen-bond acceptors (Lipinski definition) is 3. The summed E-state index contributed by atoms with van der Waals surface area (Å²) in [5.74, 6) is 0.853. The SMILES string of the molecule is CN=C(NCCCCOCc1ccccc1)NCC1CCCO1. The van der Waals surface area contributed by atoms with Crippen LogP contribution in [-0.2, 0) is 16.1 Å². The number of nitrogens with one attached hydrogen (secondary N) is 2. The highest BCUT2D eigenvalue weighted by atomic mass is 16.5. The maximum atomic E-state index is 5.68. The van der Waals surface area contributed by atoms with Crippen molar-refractivity contribution in [1.82, 2.24) is 10.6 Å². The van der Waals surface area contributed by atoms with Gasteiger partial charge >= 0.3 is 0 Å². The Hall–Kier alpha value is -1.59. The number of ether oxygens (including phenoxy) is 2. The summed E-state index contributed by atoms with van der Waals surface area (Å²) in [7, 11) is 1.80. The Morgan fingerprint density at radius 1 is 1.26 bits per heavy atom. The van der Waals surface area contributed by atoms with Gasteiger partial charge in [0, 0.05) is 33.4 Å². The van der Waals surface area contributed by atoms with Crippen molar-refractivity contribution < 1.29 is 9.47 Å². The van der Waals surface area contributed by atoms with Gasteiger partial charge in [0.25, 0.3) is 0 Å². The van der Waals surface area contributed by atoms with Crippen molar-refractivity contribution in [3.63, 3.8) is 0 Å². The quantitative estimate of drug-likeness (QED) is 0.417. The topological polar surface area (TPSA) is 54.9 Å². The molecule has 1 aromatic rings. The maximum absolute atomic E-state index is 5.68. The molecule has 0 saturated carbocycles. The fourth-order valence-corrected chi connectivity index (χ4v) is 2.54. The summed E-state index contributed by atoms with van der Waals surface area (Å²) in [6.45, 7) is 4.11. The van der Waals surface area contributed by atoms with E-state index in [1.165, 1.54) is 12.0 Å². The first-order chi connectivity index (χ1) is 11.4. The molecule has 1 aromatic carbocycles. The minimum absolute atomic E-state index is 0.333. The first-order valence-electron chi connectivity index (χ1n) is 8.56. The van der Waals surface area contributed by atoms with Crippen LogP contribution in [0.3, 0.4) is 0 Å². The number of aliphatic imine (C=N–C) groups is 1. The van der Waals surface area contributed by atoms with E-state index in [1.54, 1.807) is 7.05 Å². The number of nitrogens with zero attached hydrogens (tertiary/aromatic N) is 1. The van der Waals surface area contributed by atoms with Crippen LogP contribution >= 0.6 is 0 Å². The molecule has 2 N–H and O–H groups in total. The van der Waals surface area contributed by atoms with Crippen LogP contribution in [-0.4, -0.2) is 45.4 Å². The lowest BCUT2D eigenvalue weighted by molar-refractivity contribution is 0.113. The van der Waals surface area contributed by atoms with Gasteiger partial charge in [-0.15, -0.1) is 0 Å². The van der Waals surface area contributed by atoms with Crippen molar-refractivity contribution in [2.75, 3.05) is 33.4 Å². The van der Waals surface area contributed by atoms with E-state index in [9.17, 15) is 0 Å². The lowest BCUT2D eigenvalue weighted by Crippen LogP contribution is -2.41. The summed E-state index contributed by atoms with van der Waals surface area (Å²) in [4.78, 5) is 4.23. The molecular formula is C18H29N3O2. The molecule has 0 amide bonds. The van der Waals surface area contributed by atoms with Gasteiger partial charge in [0.05, 0.1) is 12.7 Å². The van der Waals surface area contributed by atoms with Gasteiger partial charge in [-0.25, -0.2) is 0 Å². The van der Waals surface area contributed by atoms with Crippen molar-refractivity contribution in [1.29, 1.82) is 0 Å². The second-order valence-electron chi connectivity index (χ2n) is 5.76. The number of guanidine groups is 1. The minimum atomic E-state index is 0.333. The summed E-state index contributed by atoms with van der Waals surface area (Å²) in [5, 5.41) is 6.65. The molecular weight excluding hydrogens is 290 g/mol. The van der Waals surface area contributed by atoms with Crippen molar-refractivity contribution in [3.05, 3.63) is 35.9 Å². The van der Waals surface area contributed by atoms with E-state index in [1.807, 2.05) is 18.2 Å². The first-order valence-corrected chi connectivity index (χ1v) is 8.56. The van der Waals surface area contributed by atoms with Gasteiger partial charge < -0.3 is 20.1 Å².